The Bertz CT molecular complexity index is 787. The van der Waals surface area contributed by atoms with Gasteiger partial charge in [0.2, 0.25) is 0 Å². The molecule has 27 heavy (non-hydrogen) atoms. The first kappa shape index (κ1) is 20.0. The van der Waals surface area contributed by atoms with E-state index in [9.17, 15) is 4.79 Å². The van der Waals surface area contributed by atoms with E-state index in [0.29, 0.717) is 27.3 Å². The van der Waals surface area contributed by atoms with Gasteiger partial charge in [-0.3, -0.25) is 9.78 Å². The minimum atomic E-state index is -0.0587. The topological polar surface area (TPSA) is 51.2 Å². The third kappa shape index (κ3) is 5.14. The zero-order valence-corrected chi connectivity index (χ0v) is 17.1. The van der Waals surface area contributed by atoms with E-state index in [1.807, 2.05) is 13.0 Å². The summed E-state index contributed by atoms with van der Waals surface area (Å²) < 4.78 is 6.08. The molecule has 4 nitrogen and oxygen atoms in total. The predicted molar refractivity (Wildman–Crippen MR) is 109 cm³/mol. The number of aromatic nitrogens is 1. The lowest BCUT2D eigenvalue weighted by Gasteiger charge is -2.33. The van der Waals surface area contributed by atoms with Crippen LogP contribution >= 0.6 is 23.2 Å². The molecule has 1 aliphatic carbocycles. The van der Waals surface area contributed by atoms with Crippen molar-refractivity contribution in [2.75, 3.05) is 0 Å². The Morgan fingerprint density at radius 3 is 2.48 bits per heavy atom. The molecule has 1 N–H and O–H groups in total. The van der Waals surface area contributed by atoms with Crippen molar-refractivity contribution in [1.29, 1.82) is 0 Å². The van der Waals surface area contributed by atoms with Gasteiger partial charge in [-0.25, -0.2) is 0 Å². The molecule has 1 aliphatic rings. The Morgan fingerprint density at radius 2 is 1.81 bits per heavy atom. The van der Waals surface area contributed by atoms with Crippen LogP contribution in [0.3, 0.4) is 0 Å². The number of halogens is 2. The molecule has 1 saturated carbocycles. The van der Waals surface area contributed by atoms with Crippen molar-refractivity contribution in [1.82, 2.24) is 10.3 Å². The number of carbonyl (C=O) groups is 1. The Hall–Kier alpha value is -1.78. The Labute approximate surface area is 170 Å². The van der Waals surface area contributed by atoms with Gasteiger partial charge < -0.3 is 10.1 Å². The Morgan fingerprint density at radius 1 is 1.15 bits per heavy atom. The lowest BCUT2D eigenvalue weighted by molar-refractivity contribution is 0.0886. The molecular formula is C21H24Cl2N2O2. The quantitative estimate of drug-likeness (QED) is 0.717. The highest BCUT2D eigenvalue weighted by atomic mass is 35.5. The molecule has 1 amide bonds. The van der Waals surface area contributed by atoms with Crippen molar-refractivity contribution >= 4 is 29.1 Å². The number of ether oxygens (including phenoxy) is 1. The lowest BCUT2D eigenvalue weighted by Crippen LogP contribution is -2.40. The number of hydrogen-bond acceptors (Lipinski definition) is 3. The summed E-state index contributed by atoms with van der Waals surface area (Å²) in [6.07, 6.45) is 5.78. The van der Waals surface area contributed by atoms with E-state index in [0.717, 1.165) is 31.4 Å². The molecule has 0 spiro atoms. The second-order valence-corrected chi connectivity index (χ2v) is 7.95. The highest BCUT2D eigenvalue weighted by Crippen LogP contribution is 2.33. The van der Waals surface area contributed by atoms with Crippen LogP contribution in [0.2, 0.25) is 10.0 Å². The normalized spacial score (nSPS) is 20.7. The van der Waals surface area contributed by atoms with E-state index in [-0.39, 0.29) is 18.1 Å². The van der Waals surface area contributed by atoms with Crippen LogP contribution in [0.1, 0.15) is 48.7 Å². The van der Waals surface area contributed by atoms with E-state index < -0.39 is 0 Å². The molecule has 2 aromatic rings. The third-order valence-corrected chi connectivity index (χ3v) is 5.92. The predicted octanol–water partition coefficient (Wildman–Crippen LogP) is 5.45. The smallest absolute Gasteiger partial charge is 0.251 e. The molecule has 1 fully saturated rings. The molecule has 0 radical (unpaired) electrons. The van der Waals surface area contributed by atoms with Gasteiger partial charge in [0.1, 0.15) is 10.8 Å². The van der Waals surface area contributed by atoms with Crippen LogP contribution in [-0.4, -0.2) is 23.0 Å². The minimum Gasteiger partial charge on any atom is -0.489 e. The Kier molecular flexibility index (Phi) is 6.61. The van der Waals surface area contributed by atoms with Crippen LogP contribution in [0.4, 0.5) is 0 Å². The highest BCUT2D eigenvalue weighted by molar-refractivity contribution is 6.32. The summed E-state index contributed by atoms with van der Waals surface area (Å²) in [5, 5.41) is 4.33. The van der Waals surface area contributed by atoms with Crippen molar-refractivity contribution in [2.45, 2.75) is 51.7 Å². The highest BCUT2D eigenvalue weighted by Gasteiger charge is 2.27. The maximum Gasteiger partial charge on any atom is 0.251 e. The minimum absolute atomic E-state index is 0.0587. The average Bonchev–Trinajstić information content (AvgIpc) is 2.66. The number of hydrogen-bond donors (Lipinski definition) is 1. The number of amides is 1. The van der Waals surface area contributed by atoms with Gasteiger partial charge in [0.25, 0.3) is 5.91 Å². The van der Waals surface area contributed by atoms with Crippen LogP contribution < -0.4 is 10.1 Å². The third-order valence-electron chi connectivity index (χ3n) is 5.21. The maximum absolute atomic E-state index is 12.4. The van der Waals surface area contributed by atoms with Gasteiger partial charge in [-0.1, -0.05) is 23.2 Å². The van der Waals surface area contributed by atoms with Gasteiger partial charge in [-0.2, -0.15) is 0 Å². The van der Waals surface area contributed by atoms with Crippen LogP contribution in [-0.2, 0) is 0 Å². The molecule has 6 heteroatoms. The molecule has 0 bridgehead atoms. The second-order valence-electron chi connectivity index (χ2n) is 7.13. The molecule has 1 heterocycles. The van der Waals surface area contributed by atoms with Gasteiger partial charge in [0.05, 0.1) is 11.8 Å². The summed E-state index contributed by atoms with van der Waals surface area (Å²) in [5.41, 5.74) is 1.41. The van der Waals surface area contributed by atoms with Gasteiger partial charge >= 0.3 is 0 Å². The summed E-state index contributed by atoms with van der Waals surface area (Å²) in [5.74, 6) is 1.09. The second kappa shape index (κ2) is 8.94. The molecule has 1 aromatic carbocycles. The monoisotopic (exact) mass is 406 g/mol. The van der Waals surface area contributed by atoms with E-state index >= 15 is 0 Å². The van der Waals surface area contributed by atoms with E-state index in [2.05, 4.69) is 17.2 Å². The Balaban J connectivity index is 1.50. The van der Waals surface area contributed by atoms with Crippen LogP contribution in [0, 0.1) is 12.8 Å². The summed E-state index contributed by atoms with van der Waals surface area (Å²) in [4.78, 5) is 16.6. The number of nitrogens with one attached hydrogen (secondary N) is 1. The van der Waals surface area contributed by atoms with Gasteiger partial charge in [0.15, 0.2) is 0 Å². The number of rotatable bonds is 5. The summed E-state index contributed by atoms with van der Waals surface area (Å²) in [6, 6.07) is 8.88. The standard InChI is InChI=1S/C21H24Cl2N2O2/c1-13(25-21(26)16-3-7-17(22)8-4-16)15-5-9-18(10-6-15)27-19-11-12-24-14(2)20(19)23/h3-4,7-8,11-13,15,18H,5-6,9-10H2,1-2H3,(H,25,26). The fourth-order valence-electron chi connectivity index (χ4n) is 3.51. The fraction of sp³-hybridized carbons (Fsp3) is 0.429. The van der Waals surface area contributed by atoms with E-state index in [1.165, 1.54) is 0 Å². The van der Waals surface area contributed by atoms with Crippen molar-refractivity contribution < 1.29 is 9.53 Å². The first-order valence-electron chi connectivity index (χ1n) is 9.28. The SMILES string of the molecule is Cc1nccc(OC2CCC(C(C)NC(=O)c3ccc(Cl)cc3)CC2)c1Cl. The molecule has 0 aliphatic heterocycles. The number of pyridine rings is 1. The van der Waals surface area contributed by atoms with Crippen molar-refractivity contribution in [3.8, 4) is 5.75 Å². The van der Waals surface area contributed by atoms with Crippen LogP contribution in [0.5, 0.6) is 5.75 Å². The number of benzene rings is 1. The van der Waals surface area contributed by atoms with Gasteiger partial charge in [0, 0.05) is 28.9 Å². The molecule has 3 rings (SSSR count). The van der Waals surface area contributed by atoms with Crippen LogP contribution in [0.15, 0.2) is 36.5 Å². The molecule has 1 unspecified atom stereocenters. The van der Waals surface area contributed by atoms with Crippen molar-refractivity contribution in [3.05, 3.63) is 57.8 Å². The van der Waals surface area contributed by atoms with Crippen LogP contribution in [0.25, 0.3) is 0 Å². The summed E-state index contributed by atoms with van der Waals surface area (Å²) in [6.45, 7) is 3.94. The van der Waals surface area contributed by atoms with E-state index in [4.69, 9.17) is 27.9 Å². The molecule has 144 valence electrons. The largest absolute Gasteiger partial charge is 0.489 e. The molecule has 1 aromatic heterocycles. The number of nitrogens with zero attached hydrogens (tertiary/aromatic N) is 1. The average molecular weight is 407 g/mol. The first-order valence-corrected chi connectivity index (χ1v) is 10.0. The van der Waals surface area contributed by atoms with Gasteiger partial charge in [-0.05, 0) is 69.7 Å². The summed E-state index contributed by atoms with van der Waals surface area (Å²) >= 11 is 12.2. The maximum atomic E-state index is 12.4. The molecule has 0 saturated heterocycles. The van der Waals surface area contributed by atoms with Gasteiger partial charge in [-0.15, -0.1) is 0 Å². The molecule has 1 atom stereocenters. The van der Waals surface area contributed by atoms with E-state index in [1.54, 1.807) is 30.5 Å². The number of carbonyl (C=O) groups excluding carboxylic acids is 1. The van der Waals surface area contributed by atoms with Crippen molar-refractivity contribution in [3.63, 3.8) is 0 Å². The summed E-state index contributed by atoms with van der Waals surface area (Å²) in [7, 11) is 0. The molecular weight excluding hydrogens is 383 g/mol. The van der Waals surface area contributed by atoms with Crippen molar-refractivity contribution in [2.24, 2.45) is 5.92 Å². The lowest BCUT2D eigenvalue weighted by atomic mass is 9.83. The first-order chi connectivity index (χ1) is 12.9. The zero-order valence-electron chi connectivity index (χ0n) is 15.5. The zero-order chi connectivity index (χ0) is 19.4. The fourth-order valence-corrected chi connectivity index (χ4v) is 3.79. The number of aryl methyl sites for hydroxylation is 1.